The van der Waals surface area contributed by atoms with E-state index in [1.165, 1.54) is 19.3 Å². The van der Waals surface area contributed by atoms with Crippen LogP contribution in [0.4, 0.5) is 0 Å². The quantitative estimate of drug-likeness (QED) is 0.455. The summed E-state index contributed by atoms with van der Waals surface area (Å²) in [6.07, 6.45) is 3.84. The summed E-state index contributed by atoms with van der Waals surface area (Å²) < 4.78 is 4.83. The molecule has 1 unspecified atom stereocenters. The van der Waals surface area contributed by atoms with Crippen molar-refractivity contribution in [3.05, 3.63) is 6.92 Å². The molecule has 0 bridgehead atoms. The van der Waals surface area contributed by atoms with Gasteiger partial charge in [0.2, 0.25) is 0 Å². The Morgan fingerprint density at radius 3 is 2.60 bits per heavy atom. The Morgan fingerprint density at radius 2 is 2.10 bits per heavy atom. The molecule has 0 aromatic rings. The van der Waals surface area contributed by atoms with Gasteiger partial charge in [-0.2, -0.15) is 0 Å². The molecule has 0 saturated carbocycles. The number of aliphatic hydroxyl groups is 1. The van der Waals surface area contributed by atoms with Crippen LogP contribution in [0.5, 0.6) is 0 Å². The van der Waals surface area contributed by atoms with Crippen LogP contribution in [-0.2, 0) is 4.74 Å². The first-order chi connectivity index (χ1) is 4.77. The maximum Gasteiger partial charge on any atom is 0.154 e. The van der Waals surface area contributed by atoms with Crippen LogP contribution in [0.1, 0.15) is 32.6 Å². The van der Waals surface area contributed by atoms with Gasteiger partial charge in [-0.1, -0.05) is 26.2 Å². The van der Waals surface area contributed by atoms with E-state index < -0.39 is 6.29 Å². The molecule has 10 heavy (non-hydrogen) atoms. The molecule has 0 saturated heterocycles. The molecule has 0 aliphatic carbocycles. The molecule has 0 aliphatic rings. The van der Waals surface area contributed by atoms with E-state index >= 15 is 0 Å². The predicted octanol–water partition coefficient (Wildman–Crippen LogP) is 1.74. The summed E-state index contributed by atoms with van der Waals surface area (Å²) >= 11 is 0. The topological polar surface area (TPSA) is 29.5 Å². The summed E-state index contributed by atoms with van der Waals surface area (Å²) in [7, 11) is 0. The molecule has 0 aromatic carbocycles. The zero-order valence-corrected chi connectivity index (χ0v) is 6.68. The van der Waals surface area contributed by atoms with Crippen LogP contribution in [0.15, 0.2) is 0 Å². The van der Waals surface area contributed by atoms with E-state index in [9.17, 15) is 0 Å². The van der Waals surface area contributed by atoms with Crippen LogP contribution in [0.25, 0.3) is 0 Å². The van der Waals surface area contributed by atoms with Crippen molar-refractivity contribution in [1.82, 2.24) is 0 Å². The van der Waals surface area contributed by atoms with Gasteiger partial charge < -0.3 is 9.84 Å². The fourth-order valence-corrected chi connectivity index (χ4v) is 0.748. The molecular weight excluding hydrogens is 128 g/mol. The Labute approximate surface area is 63.2 Å². The lowest BCUT2D eigenvalue weighted by Crippen LogP contribution is -2.07. The standard InChI is InChI=1S/C8H17O2/c1-3-4-5-6-7-10-8(2)9/h8-9H,2-7H2,1H3. The van der Waals surface area contributed by atoms with E-state index in [1.54, 1.807) is 0 Å². The molecule has 0 spiro atoms. The fourth-order valence-electron chi connectivity index (χ4n) is 0.748. The van der Waals surface area contributed by atoms with Crippen molar-refractivity contribution < 1.29 is 9.84 Å². The molecule has 0 rings (SSSR count). The smallest absolute Gasteiger partial charge is 0.154 e. The van der Waals surface area contributed by atoms with Gasteiger partial charge in [0.15, 0.2) is 6.29 Å². The highest BCUT2D eigenvalue weighted by atomic mass is 16.6. The highest BCUT2D eigenvalue weighted by molar-refractivity contribution is 4.42. The minimum atomic E-state index is -0.846. The first-order valence-electron chi connectivity index (χ1n) is 3.90. The highest BCUT2D eigenvalue weighted by Gasteiger charge is 1.92. The van der Waals surface area contributed by atoms with Crippen molar-refractivity contribution in [2.45, 2.75) is 38.9 Å². The lowest BCUT2D eigenvalue weighted by atomic mass is 10.2. The molecule has 1 radical (unpaired) electrons. The number of hydrogen-bond donors (Lipinski definition) is 1. The van der Waals surface area contributed by atoms with Crippen molar-refractivity contribution in [2.24, 2.45) is 0 Å². The Kier molecular flexibility index (Phi) is 6.98. The minimum absolute atomic E-state index is 0.630. The average molecular weight is 145 g/mol. The molecule has 1 atom stereocenters. The van der Waals surface area contributed by atoms with Gasteiger partial charge >= 0.3 is 0 Å². The van der Waals surface area contributed by atoms with Crippen molar-refractivity contribution in [3.8, 4) is 0 Å². The molecule has 1 N–H and O–H groups in total. The zero-order valence-electron chi connectivity index (χ0n) is 6.68. The van der Waals surface area contributed by atoms with Gasteiger partial charge in [-0.05, 0) is 6.42 Å². The van der Waals surface area contributed by atoms with Crippen molar-refractivity contribution >= 4 is 0 Å². The Hall–Kier alpha value is -0.0800. The third kappa shape index (κ3) is 7.92. The van der Waals surface area contributed by atoms with Crippen molar-refractivity contribution in [2.75, 3.05) is 6.61 Å². The molecule has 0 amide bonds. The maximum absolute atomic E-state index is 8.58. The molecular formula is C8H17O2. The van der Waals surface area contributed by atoms with Gasteiger partial charge in [0.05, 0.1) is 0 Å². The van der Waals surface area contributed by atoms with Gasteiger partial charge in [0.1, 0.15) is 0 Å². The van der Waals surface area contributed by atoms with E-state index in [4.69, 9.17) is 9.84 Å². The summed E-state index contributed by atoms with van der Waals surface area (Å²) in [6.45, 7) is 6.08. The van der Waals surface area contributed by atoms with E-state index in [2.05, 4.69) is 13.8 Å². The normalized spacial score (nSPS) is 13.5. The summed E-state index contributed by atoms with van der Waals surface area (Å²) in [5, 5.41) is 8.58. The van der Waals surface area contributed by atoms with Crippen LogP contribution in [0, 0.1) is 6.92 Å². The summed E-state index contributed by atoms with van der Waals surface area (Å²) in [4.78, 5) is 0. The number of rotatable bonds is 6. The van der Waals surface area contributed by atoms with Gasteiger partial charge in [-0.25, -0.2) is 0 Å². The Morgan fingerprint density at radius 1 is 1.40 bits per heavy atom. The second kappa shape index (κ2) is 7.03. The SMILES string of the molecule is [CH2]C(O)OCCCCCC. The zero-order chi connectivity index (χ0) is 7.82. The minimum Gasteiger partial charge on any atom is -0.368 e. The second-order valence-electron chi connectivity index (χ2n) is 2.39. The lowest BCUT2D eigenvalue weighted by Gasteiger charge is -2.04. The number of unbranched alkanes of at least 4 members (excludes halogenated alkanes) is 3. The van der Waals surface area contributed by atoms with Crippen LogP contribution in [0.3, 0.4) is 0 Å². The predicted molar refractivity (Wildman–Crippen MR) is 41.5 cm³/mol. The van der Waals surface area contributed by atoms with E-state index in [0.717, 1.165) is 6.42 Å². The molecule has 2 nitrogen and oxygen atoms in total. The van der Waals surface area contributed by atoms with Gasteiger partial charge in [-0.15, -0.1) is 0 Å². The summed E-state index contributed by atoms with van der Waals surface area (Å²) in [5.74, 6) is 0. The van der Waals surface area contributed by atoms with Crippen LogP contribution >= 0.6 is 0 Å². The molecule has 2 heteroatoms. The van der Waals surface area contributed by atoms with E-state index in [-0.39, 0.29) is 0 Å². The van der Waals surface area contributed by atoms with E-state index in [1.807, 2.05) is 0 Å². The third-order valence-corrected chi connectivity index (χ3v) is 1.31. The second-order valence-corrected chi connectivity index (χ2v) is 2.39. The number of hydrogen-bond acceptors (Lipinski definition) is 2. The van der Waals surface area contributed by atoms with Gasteiger partial charge in [0, 0.05) is 13.5 Å². The number of ether oxygens (including phenoxy) is 1. The monoisotopic (exact) mass is 145 g/mol. The average Bonchev–Trinajstić information content (AvgIpc) is 1.87. The van der Waals surface area contributed by atoms with Gasteiger partial charge in [-0.3, -0.25) is 0 Å². The van der Waals surface area contributed by atoms with Crippen molar-refractivity contribution in [3.63, 3.8) is 0 Å². The third-order valence-electron chi connectivity index (χ3n) is 1.31. The Bertz CT molecular complexity index is 62.3. The fraction of sp³-hybridized carbons (Fsp3) is 0.875. The summed E-state index contributed by atoms with van der Waals surface area (Å²) in [6, 6.07) is 0. The molecule has 0 fully saturated rings. The lowest BCUT2D eigenvalue weighted by molar-refractivity contribution is -0.0672. The van der Waals surface area contributed by atoms with Crippen LogP contribution in [0.2, 0.25) is 0 Å². The van der Waals surface area contributed by atoms with Crippen molar-refractivity contribution in [1.29, 1.82) is 0 Å². The summed E-state index contributed by atoms with van der Waals surface area (Å²) in [5.41, 5.74) is 0. The largest absolute Gasteiger partial charge is 0.368 e. The van der Waals surface area contributed by atoms with Crippen LogP contribution in [-0.4, -0.2) is 18.0 Å². The van der Waals surface area contributed by atoms with Gasteiger partial charge in [0.25, 0.3) is 0 Å². The maximum atomic E-state index is 8.58. The van der Waals surface area contributed by atoms with Crippen LogP contribution < -0.4 is 0 Å². The highest BCUT2D eigenvalue weighted by Crippen LogP contribution is 1.99. The van der Waals surface area contributed by atoms with E-state index in [0.29, 0.717) is 6.61 Å². The first kappa shape index (κ1) is 9.92. The molecule has 0 aromatic heterocycles. The Balaban J connectivity index is 2.77. The number of aliphatic hydroxyl groups excluding tert-OH is 1. The molecule has 0 heterocycles. The molecule has 61 valence electrons. The molecule has 0 aliphatic heterocycles. The first-order valence-corrected chi connectivity index (χ1v) is 3.90.